The SMILES string of the molecule is COCCNCC1CC12CCOC2C. The summed E-state index contributed by atoms with van der Waals surface area (Å²) in [6, 6.07) is 0. The maximum absolute atomic E-state index is 5.64. The molecule has 1 spiro atoms. The van der Waals surface area contributed by atoms with Crippen molar-refractivity contribution in [2.45, 2.75) is 25.9 Å². The summed E-state index contributed by atoms with van der Waals surface area (Å²) in [6.07, 6.45) is 3.11. The monoisotopic (exact) mass is 199 g/mol. The van der Waals surface area contributed by atoms with E-state index in [0.29, 0.717) is 11.5 Å². The fourth-order valence-corrected chi connectivity index (χ4v) is 2.72. The molecule has 3 nitrogen and oxygen atoms in total. The fourth-order valence-electron chi connectivity index (χ4n) is 2.72. The topological polar surface area (TPSA) is 30.5 Å². The molecule has 0 amide bonds. The van der Waals surface area contributed by atoms with Gasteiger partial charge in [-0.3, -0.25) is 0 Å². The van der Waals surface area contributed by atoms with Crippen LogP contribution in [0.3, 0.4) is 0 Å². The van der Waals surface area contributed by atoms with Crippen molar-refractivity contribution in [3.63, 3.8) is 0 Å². The Morgan fingerprint density at radius 2 is 2.43 bits per heavy atom. The molecule has 1 aliphatic carbocycles. The molecule has 1 heterocycles. The molecule has 2 fully saturated rings. The van der Waals surface area contributed by atoms with Gasteiger partial charge in [0.2, 0.25) is 0 Å². The smallest absolute Gasteiger partial charge is 0.0607 e. The highest BCUT2D eigenvalue weighted by molar-refractivity contribution is 5.08. The second-order valence-electron chi connectivity index (χ2n) is 4.59. The summed E-state index contributed by atoms with van der Waals surface area (Å²) < 4.78 is 10.6. The van der Waals surface area contributed by atoms with Crippen molar-refractivity contribution in [1.82, 2.24) is 5.32 Å². The van der Waals surface area contributed by atoms with Crippen LogP contribution < -0.4 is 5.32 Å². The van der Waals surface area contributed by atoms with Crippen LogP contribution in [0.15, 0.2) is 0 Å². The highest BCUT2D eigenvalue weighted by atomic mass is 16.5. The van der Waals surface area contributed by atoms with Crippen LogP contribution in [0, 0.1) is 11.3 Å². The first kappa shape index (κ1) is 10.4. The van der Waals surface area contributed by atoms with Gasteiger partial charge in [0.1, 0.15) is 0 Å². The molecule has 2 aliphatic rings. The molecular weight excluding hydrogens is 178 g/mol. The van der Waals surface area contributed by atoms with Gasteiger partial charge in [-0.1, -0.05) is 0 Å². The Kier molecular flexibility index (Phi) is 3.10. The number of rotatable bonds is 5. The van der Waals surface area contributed by atoms with Gasteiger partial charge in [0, 0.05) is 25.7 Å². The Morgan fingerprint density at radius 3 is 3.07 bits per heavy atom. The molecule has 1 saturated heterocycles. The summed E-state index contributed by atoms with van der Waals surface area (Å²) in [5, 5.41) is 3.44. The fraction of sp³-hybridized carbons (Fsp3) is 1.00. The molecule has 1 saturated carbocycles. The zero-order valence-electron chi connectivity index (χ0n) is 9.21. The first-order valence-electron chi connectivity index (χ1n) is 5.61. The average molecular weight is 199 g/mol. The third-order valence-electron chi connectivity index (χ3n) is 3.90. The number of ether oxygens (including phenoxy) is 2. The van der Waals surface area contributed by atoms with E-state index in [0.717, 1.165) is 32.2 Å². The first-order chi connectivity index (χ1) is 6.79. The lowest BCUT2D eigenvalue weighted by Gasteiger charge is -2.14. The zero-order valence-corrected chi connectivity index (χ0v) is 9.21. The van der Waals surface area contributed by atoms with E-state index in [1.807, 2.05) is 0 Å². The Labute approximate surface area is 86.2 Å². The lowest BCUT2D eigenvalue weighted by atomic mass is 9.96. The molecule has 0 aromatic carbocycles. The molecule has 1 N–H and O–H groups in total. The normalized spacial score (nSPS) is 40.7. The van der Waals surface area contributed by atoms with E-state index >= 15 is 0 Å². The summed E-state index contributed by atoms with van der Waals surface area (Å²) in [5.74, 6) is 0.844. The molecule has 3 atom stereocenters. The summed E-state index contributed by atoms with van der Waals surface area (Å²) in [6.45, 7) is 6.11. The van der Waals surface area contributed by atoms with E-state index in [1.165, 1.54) is 12.8 Å². The third-order valence-corrected chi connectivity index (χ3v) is 3.90. The maximum atomic E-state index is 5.64. The van der Waals surface area contributed by atoms with Gasteiger partial charge in [0.25, 0.3) is 0 Å². The molecule has 0 bridgehead atoms. The Morgan fingerprint density at radius 1 is 1.57 bits per heavy atom. The number of methoxy groups -OCH3 is 1. The van der Waals surface area contributed by atoms with E-state index in [4.69, 9.17) is 9.47 Å². The van der Waals surface area contributed by atoms with Crippen molar-refractivity contribution in [3.05, 3.63) is 0 Å². The Balaban J connectivity index is 1.66. The highest BCUT2D eigenvalue weighted by Gasteiger charge is 2.59. The standard InChI is InChI=1S/C11H21NO2/c1-9-11(3-5-14-9)7-10(11)8-12-4-6-13-2/h9-10,12H,3-8H2,1-2H3. The lowest BCUT2D eigenvalue weighted by Crippen LogP contribution is -2.25. The number of hydrogen-bond donors (Lipinski definition) is 1. The van der Waals surface area contributed by atoms with E-state index < -0.39 is 0 Å². The number of hydrogen-bond acceptors (Lipinski definition) is 3. The van der Waals surface area contributed by atoms with Crippen LogP contribution in [-0.2, 0) is 9.47 Å². The minimum atomic E-state index is 0.483. The van der Waals surface area contributed by atoms with Crippen molar-refractivity contribution in [2.75, 3.05) is 33.4 Å². The van der Waals surface area contributed by atoms with Gasteiger partial charge in [-0.05, 0) is 32.2 Å². The third kappa shape index (κ3) is 1.81. The average Bonchev–Trinajstić information content (AvgIpc) is 2.76. The first-order valence-corrected chi connectivity index (χ1v) is 5.61. The molecule has 3 unspecified atom stereocenters. The van der Waals surface area contributed by atoms with Crippen LogP contribution >= 0.6 is 0 Å². The Bertz CT molecular complexity index is 198. The molecule has 1 aliphatic heterocycles. The number of nitrogens with one attached hydrogen (secondary N) is 1. The molecule has 14 heavy (non-hydrogen) atoms. The molecular formula is C11H21NO2. The summed E-state index contributed by atoms with van der Waals surface area (Å²) in [7, 11) is 1.74. The van der Waals surface area contributed by atoms with E-state index in [1.54, 1.807) is 7.11 Å². The largest absolute Gasteiger partial charge is 0.383 e. The maximum Gasteiger partial charge on any atom is 0.0607 e. The second kappa shape index (κ2) is 4.17. The minimum absolute atomic E-state index is 0.483. The predicted octanol–water partition coefficient (Wildman–Crippen LogP) is 1.04. The lowest BCUT2D eigenvalue weighted by molar-refractivity contribution is 0.0950. The predicted molar refractivity (Wildman–Crippen MR) is 55.3 cm³/mol. The van der Waals surface area contributed by atoms with Gasteiger partial charge in [-0.25, -0.2) is 0 Å². The molecule has 2 rings (SSSR count). The van der Waals surface area contributed by atoms with Crippen LogP contribution in [0.2, 0.25) is 0 Å². The Hall–Kier alpha value is -0.120. The van der Waals surface area contributed by atoms with E-state index in [2.05, 4.69) is 12.2 Å². The minimum Gasteiger partial charge on any atom is -0.383 e. The van der Waals surface area contributed by atoms with Crippen LogP contribution in [0.25, 0.3) is 0 Å². The van der Waals surface area contributed by atoms with Gasteiger partial charge in [0.05, 0.1) is 12.7 Å². The van der Waals surface area contributed by atoms with Crippen molar-refractivity contribution in [2.24, 2.45) is 11.3 Å². The van der Waals surface area contributed by atoms with Crippen molar-refractivity contribution in [1.29, 1.82) is 0 Å². The molecule has 0 aromatic heterocycles. The van der Waals surface area contributed by atoms with E-state index in [9.17, 15) is 0 Å². The van der Waals surface area contributed by atoms with Gasteiger partial charge in [0.15, 0.2) is 0 Å². The highest BCUT2D eigenvalue weighted by Crippen LogP contribution is 2.60. The molecule has 0 aromatic rings. The molecule has 0 radical (unpaired) electrons. The van der Waals surface area contributed by atoms with Gasteiger partial charge in [-0.2, -0.15) is 0 Å². The van der Waals surface area contributed by atoms with Crippen molar-refractivity contribution in [3.8, 4) is 0 Å². The second-order valence-corrected chi connectivity index (χ2v) is 4.59. The van der Waals surface area contributed by atoms with Crippen LogP contribution in [0.4, 0.5) is 0 Å². The summed E-state index contributed by atoms with van der Waals surface area (Å²) in [5.41, 5.74) is 0.542. The van der Waals surface area contributed by atoms with Crippen LogP contribution in [0.1, 0.15) is 19.8 Å². The van der Waals surface area contributed by atoms with Crippen molar-refractivity contribution < 1.29 is 9.47 Å². The zero-order chi connectivity index (χ0) is 10.0. The quantitative estimate of drug-likeness (QED) is 0.671. The molecule has 3 heteroatoms. The van der Waals surface area contributed by atoms with Crippen LogP contribution in [0.5, 0.6) is 0 Å². The van der Waals surface area contributed by atoms with Crippen LogP contribution in [-0.4, -0.2) is 39.5 Å². The van der Waals surface area contributed by atoms with Gasteiger partial charge >= 0.3 is 0 Å². The molecule has 82 valence electrons. The summed E-state index contributed by atoms with van der Waals surface area (Å²) in [4.78, 5) is 0. The van der Waals surface area contributed by atoms with Gasteiger partial charge in [-0.15, -0.1) is 0 Å². The van der Waals surface area contributed by atoms with Crippen molar-refractivity contribution >= 4 is 0 Å². The van der Waals surface area contributed by atoms with Gasteiger partial charge < -0.3 is 14.8 Å². The van der Waals surface area contributed by atoms with E-state index in [-0.39, 0.29) is 0 Å². The summed E-state index contributed by atoms with van der Waals surface area (Å²) >= 11 is 0.